The number of hydrogen-bond donors (Lipinski definition) is 0. The third-order valence-corrected chi connectivity index (χ3v) is 2.12. The molecular formula is C10H10ClFO. The summed E-state index contributed by atoms with van der Waals surface area (Å²) in [6.07, 6.45) is 0.912. The van der Waals surface area contributed by atoms with Crippen LogP contribution in [0.2, 0.25) is 5.02 Å². The van der Waals surface area contributed by atoms with Crippen LogP contribution < -0.4 is 0 Å². The van der Waals surface area contributed by atoms with Crippen LogP contribution >= 0.6 is 11.6 Å². The number of ketones is 1. The van der Waals surface area contributed by atoms with Crippen LogP contribution in [-0.2, 0) is 11.2 Å². The zero-order valence-electron chi connectivity index (χ0n) is 7.31. The number of benzene rings is 1. The molecule has 70 valence electrons. The summed E-state index contributed by atoms with van der Waals surface area (Å²) in [5.41, 5.74) is 0.692. The molecule has 13 heavy (non-hydrogen) atoms. The molecule has 1 aromatic carbocycles. The summed E-state index contributed by atoms with van der Waals surface area (Å²) >= 11 is 5.80. The fourth-order valence-electron chi connectivity index (χ4n) is 1.05. The van der Waals surface area contributed by atoms with Gasteiger partial charge in [0.2, 0.25) is 0 Å². The minimum Gasteiger partial charge on any atom is -0.300 e. The Hall–Kier alpha value is -0.890. The van der Waals surface area contributed by atoms with Crippen LogP contribution in [0.3, 0.4) is 0 Å². The van der Waals surface area contributed by atoms with Crippen molar-refractivity contribution in [2.75, 3.05) is 0 Å². The summed E-state index contributed by atoms with van der Waals surface area (Å²) in [5.74, 6) is -0.233. The number of carbonyl (C=O) groups excluding carboxylic acids is 1. The first-order valence-electron chi connectivity index (χ1n) is 4.03. The van der Waals surface area contributed by atoms with Crippen molar-refractivity contribution in [1.82, 2.24) is 0 Å². The van der Waals surface area contributed by atoms with Crippen LogP contribution in [0.1, 0.15) is 18.9 Å². The second-order valence-corrected chi connectivity index (χ2v) is 3.34. The van der Waals surface area contributed by atoms with E-state index in [0.717, 1.165) is 0 Å². The quantitative estimate of drug-likeness (QED) is 0.733. The molecule has 0 aliphatic heterocycles. The predicted octanol–water partition coefficient (Wildman–Crippen LogP) is 3.00. The van der Waals surface area contributed by atoms with Crippen molar-refractivity contribution in [3.8, 4) is 0 Å². The molecule has 1 nitrogen and oxygen atoms in total. The second kappa shape index (κ2) is 4.38. The van der Waals surface area contributed by atoms with E-state index in [2.05, 4.69) is 0 Å². The van der Waals surface area contributed by atoms with Crippen molar-refractivity contribution >= 4 is 17.4 Å². The molecule has 0 heterocycles. The molecule has 0 fully saturated rings. The fourth-order valence-corrected chi connectivity index (χ4v) is 1.26. The molecule has 0 aromatic heterocycles. The Labute approximate surface area is 81.5 Å². The average Bonchev–Trinajstić information content (AvgIpc) is 2.06. The van der Waals surface area contributed by atoms with Gasteiger partial charge in [-0.15, -0.1) is 0 Å². The highest BCUT2D eigenvalue weighted by atomic mass is 35.5. The van der Waals surface area contributed by atoms with Crippen molar-refractivity contribution in [1.29, 1.82) is 0 Å². The zero-order chi connectivity index (χ0) is 9.84. The maximum atomic E-state index is 12.7. The number of aryl methyl sites for hydroxylation is 1. The number of Topliss-reactive ketones (excluding diaryl/α,β-unsaturated/α-hetero) is 1. The van der Waals surface area contributed by atoms with Gasteiger partial charge < -0.3 is 4.79 Å². The highest BCUT2D eigenvalue weighted by Crippen LogP contribution is 2.18. The summed E-state index contributed by atoms with van der Waals surface area (Å²) in [7, 11) is 0. The summed E-state index contributed by atoms with van der Waals surface area (Å²) in [5, 5.41) is 0.516. The summed E-state index contributed by atoms with van der Waals surface area (Å²) < 4.78 is 12.7. The molecule has 0 atom stereocenters. The number of carbonyl (C=O) groups is 1. The smallest absolute Gasteiger partial charge is 0.130 e. The van der Waals surface area contributed by atoms with E-state index in [4.69, 9.17) is 11.6 Å². The normalized spacial score (nSPS) is 10.1. The van der Waals surface area contributed by atoms with Gasteiger partial charge in [-0.05, 0) is 37.1 Å². The standard InChI is InChI=1S/C10H10ClFO/c1-7(13)2-3-8-6-9(12)4-5-10(8)11/h4-6H,2-3H2,1H3. The summed E-state index contributed by atoms with van der Waals surface area (Å²) in [4.78, 5) is 10.7. The molecule has 0 N–H and O–H groups in total. The maximum absolute atomic E-state index is 12.7. The average molecular weight is 201 g/mol. The monoisotopic (exact) mass is 200 g/mol. The van der Waals surface area contributed by atoms with Gasteiger partial charge in [-0.1, -0.05) is 11.6 Å². The molecule has 0 saturated heterocycles. The second-order valence-electron chi connectivity index (χ2n) is 2.94. The van der Waals surface area contributed by atoms with Crippen LogP contribution in [-0.4, -0.2) is 5.78 Å². The Balaban J connectivity index is 2.75. The van der Waals surface area contributed by atoms with E-state index in [-0.39, 0.29) is 11.6 Å². The van der Waals surface area contributed by atoms with E-state index >= 15 is 0 Å². The van der Waals surface area contributed by atoms with Gasteiger partial charge in [0.1, 0.15) is 11.6 Å². The van der Waals surface area contributed by atoms with Crippen LogP contribution in [0, 0.1) is 5.82 Å². The summed E-state index contributed by atoms with van der Waals surface area (Å²) in [6, 6.07) is 4.18. The zero-order valence-corrected chi connectivity index (χ0v) is 8.07. The molecule has 1 rings (SSSR count). The maximum Gasteiger partial charge on any atom is 0.130 e. The topological polar surface area (TPSA) is 17.1 Å². The molecule has 0 amide bonds. The molecule has 0 unspecified atom stereocenters. The van der Waals surface area contributed by atoms with E-state index in [1.165, 1.54) is 25.1 Å². The fraction of sp³-hybridized carbons (Fsp3) is 0.300. The van der Waals surface area contributed by atoms with Crippen molar-refractivity contribution in [3.05, 3.63) is 34.6 Å². The molecule has 0 radical (unpaired) electrons. The molecule has 0 saturated carbocycles. The summed E-state index contributed by atoms with van der Waals surface area (Å²) in [6.45, 7) is 1.51. The van der Waals surface area contributed by atoms with Gasteiger partial charge in [0, 0.05) is 11.4 Å². The van der Waals surface area contributed by atoms with E-state index in [0.29, 0.717) is 23.4 Å². The van der Waals surface area contributed by atoms with Crippen molar-refractivity contribution in [2.45, 2.75) is 19.8 Å². The minimum absolute atomic E-state index is 0.0836. The molecule has 1 aromatic rings. The highest BCUT2D eigenvalue weighted by molar-refractivity contribution is 6.31. The van der Waals surface area contributed by atoms with Crippen molar-refractivity contribution in [3.63, 3.8) is 0 Å². The third-order valence-electron chi connectivity index (χ3n) is 1.75. The van der Waals surface area contributed by atoms with Crippen molar-refractivity contribution < 1.29 is 9.18 Å². The number of rotatable bonds is 3. The lowest BCUT2D eigenvalue weighted by molar-refractivity contribution is -0.116. The molecule has 3 heteroatoms. The van der Waals surface area contributed by atoms with Crippen LogP contribution in [0.25, 0.3) is 0 Å². The first-order chi connectivity index (χ1) is 6.09. The van der Waals surface area contributed by atoms with Crippen LogP contribution in [0.4, 0.5) is 4.39 Å². The SMILES string of the molecule is CC(=O)CCc1cc(F)ccc1Cl. The Morgan fingerprint density at radius 1 is 1.54 bits per heavy atom. The lowest BCUT2D eigenvalue weighted by Gasteiger charge is -2.01. The molecule has 0 aliphatic rings. The first kappa shape index (κ1) is 10.2. The lowest BCUT2D eigenvalue weighted by Crippen LogP contribution is -1.95. The van der Waals surface area contributed by atoms with E-state index in [1.54, 1.807) is 0 Å². The van der Waals surface area contributed by atoms with Crippen molar-refractivity contribution in [2.24, 2.45) is 0 Å². The minimum atomic E-state index is -0.317. The molecule has 0 aliphatic carbocycles. The van der Waals surface area contributed by atoms with E-state index in [9.17, 15) is 9.18 Å². The molecular weight excluding hydrogens is 191 g/mol. The van der Waals surface area contributed by atoms with Gasteiger partial charge in [-0.2, -0.15) is 0 Å². The molecule has 0 spiro atoms. The van der Waals surface area contributed by atoms with Gasteiger partial charge in [0.15, 0.2) is 0 Å². The van der Waals surface area contributed by atoms with E-state index in [1.807, 2.05) is 0 Å². The van der Waals surface area contributed by atoms with Crippen LogP contribution in [0.5, 0.6) is 0 Å². The third kappa shape index (κ3) is 3.15. The Morgan fingerprint density at radius 2 is 2.23 bits per heavy atom. The van der Waals surface area contributed by atoms with Gasteiger partial charge in [0.05, 0.1) is 0 Å². The number of halogens is 2. The Bertz CT molecular complexity index is 323. The van der Waals surface area contributed by atoms with Gasteiger partial charge >= 0.3 is 0 Å². The van der Waals surface area contributed by atoms with Gasteiger partial charge in [0.25, 0.3) is 0 Å². The Kier molecular flexibility index (Phi) is 3.43. The largest absolute Gasteiger partial charge is 0.300 e. The number of hydrogen-bond acceptors (Lipinski definition) is 1. The van der Waals surface area contributed by atoms with Gasteiger partial charge in [-0.3, -0.25) is 0 Å². The lowest BCUT2D eigenvalue weighted by atomic mass is 10.1. The highest BCUT2D eigenvalue weighted by Gasteiger charge is 2.03. The van der Waals surface area contributed by atoms with Crippen LogP contribution in [0.15, 0.2) is 18.2 Å². The van der Waals surface area contributed by atoms with Gasteiger partial charge in [-0.25, -0.2) is 4.39 Å². The molecule has 0 bridgehead atoms. The van der Waals surface area contributed by atoms with E-state index < -0.39 is 0 Å². The first-order valence-corrected chi connectivity index (χ1v) is 4.41. The predicted molar refractivity (Wildman–Crippen MR) is 50.4 cm³/mol. The Morgan fingerprint density at radius 3 is 2.85 bits per heavy atom.